The molecule has 0 heterocycles. The third-order valence-electron chi connectivity index (χ3n) is 3.83. The predicted molar refractivity (Wildman–Crippen MR) is 87.9 cm³/mol. The van der Waals surface area contributed by atoms with Gasteiger partial charge in [0.1, 0.15) is 0 Å². The van der Waals surface area contributed by atoms with Crippen LogP contribution in [0.25, 0.3) is 0 Å². The van der Waals surface area contributed by atoms with Gasteiger partial charge in [-0.05, 0) is 50.6 Å². The van der Waals surface area contributed by atoms with E-state index in [0.717, 1.165) is 30.8 Å². The molecule has 4 heteroatoms. The Kier molecular flexibility index (Phi) is 7.10. The van der Waals surface area contributed by atoms with Gasteiger partial charge in [0, 0.05) is 5.75 Å². The monoisotopic (exact) mass is 294 g/mol. The van der Waals surface area contributed by atoms with Gasteiger partial charge < -0.3 is 11.1 Å². The number of carbonyl (C=O) groups excluding carboxylic acids is 1. The molecule has 1 aromatic rings. The number of amides is 1. The molecule has 0 aliphatic heterocycles. The van der Waals surface area contributed by atoms with Gasteiger partial charge in [0.25, 0.3) is 0 Å². The molecule has 3 nitrogen and oxygen atoms in total. The Bertz CT molecular complexity index is 436. The van der Waals surface area contributed by atoms with Gasteiger partial charge in [-0.1, -0.05) is 30.7 Å². The highest BCUT2D eigenvalue weighted by Crippen LogP contribution is 2.19. The van der Waals surface area contributed by atoms with E-state index in [1.165, 1.54) is 11.1 Å². The molecule has 0 aromatic heterocycles. The Morgan fingerprint density at radius 1 is 1.35 bits per heavy atom. The van der Waals surface area contributed by atoms with Gasteiger partial charge in [0.05, 0.1) is 5.54 Å². The van der Waals surface area contributed by atoms with Crippen LogP contribution in [0.2, 0.25) is 0 Å². The number of thioether (sulfide) groups is 1. The predicted octanol–water partition coefficient (Wildman–Crippen LogP) is 2.86. The molecule has 0 radical (unpaired) electrons. The summed E-state index contributed by atoms with van der Waals surface area (Å²) < 4.78 is 0. The van der Waals surface area contributed by atoms with Crippen LogP contribution in [-0.4, -0.2) is 24.2 Å². The van der Waals surface area contributed by atoms with Crippen molar-refractivity contribution in [3.63, 3.8) is 0 Å². The van der Waals surface area contributed by atoms with Crippen LogP contribution in [0.15, 0.2) is 24.3 Å². The Morgan fingerprint density at radius 2 is 2.05 bits per heavy atom. The highest BCUT2D eigenvalue weighted by atomic mass is 32.2. The van der Waals surface area contributed by atoms with Gasteiger partial charge in [0.2, 0.25) is 5.91 Å². The first-order valence-corrected chi connectivity index (χ1v) is 8.26. The molecule has 20 heavy (non-hydrogen) atoms. The van der Waals surface area contributed by atoms with Crippen LogP contribution in [0.5, 0.6) is 0 Å². The molecule has 1 amide bonds. The summed E-state index contributed by atoms with van der Waals surface area (Å²) in [7, 11) is 1.79. The number of aryl methyl sites for hydroxylation is 1. The van der Waals surface area contributed by atoms with E-state index in [0.29, 0.717) is 0 Å². The molecule has 0 spiro atoms. The number of hydrogen-bond donors (Lipinski definition) is 2. The van der Waals surface area contributed by atoms with Gasteiger partial charge in [-0.3, -0.25) is 4.79 Å². The van der Waals surface area contributed by atoms with Crippen LogP contribution in [0, 0.1) is 6.92 Å². The number of rotatable bonds is 9. The second-order valence-electron chi connectivity index (χ2n) is 5.38. The van der Waals surface area contributed by atoms with Gasteiger partial charge >= 0.3 is 0 Å². The van der Waals surface area contributed by atoms with Crippen LogP contribution in [0.1, 0.15) is 37.3 Å². The highest BCUT2D eigenvalue weighted by molar-refractivity contribution is 7.98. The van der Waals surface area contributed by atoms with Gasteiger partial charge in [-0.25, -0.2) is 0 Å². The molecule has 0 fully saturated rings. The molecule has 0 aliphatic carbocycles. The maximum atomic E-state index is 11.3. The van der Waals surface area contributed by atoms with E-state index in [-0.39, 0.29) is 5.91 Å². The zero-order valence-corrected chi connectivity index (χ0v) is 13.6. The fourth-order valence-corrected chi connectivity index (χ4v) is 3.10. The van der Waals surface area contributed by atoms with E-state index in [4.69, 9.17) is 5.73 Å². The molecule has 1 rings (SSSR count). The first-order chi connectivity index (χ1) is 9.49. The zero-order valence-electron chi connectivity index (χ0n) is 12.7. The van der Waals surface area contributed by atoms with E-state index < -0.39 is 5.54 Å². The Labute approximate surface area is 126 Å². The van der Waals surface area contributed by atoms with Crippen molar-refractivity contribution in [1.29, 1.82) is 0 Å². The first kappa shape index (κ1) is 17.1. The molecule has 1 atom stereocenters. The second-order valence-corrected chi connectivity index (χ2v) is 6.49. The van der Waals surface area contributed by atoms with Gasteiger partial charge in [-0.15, -0.1) is 0 Å². The van der Waals surface area contributed by atoms with E-state index >= 15 is 0 Å². The minimum absolute atomic E-state index is 0.271. The topological polar surface area (TPSA) is 55.1 Å². The number of primary amides is 1. The molecule has 0 saturated heterocycles. The molecular weight excluding hydrogens is 268 g/mol. The largest absolute Gasteiger partial charge is 0.368 e. The fourth-order valence-electron chi connectivity index (χ4n) is 2.01. The Balaban J connectivity index is 2.20. The summed E-state index contributed by atoms with van der Waals surface area (Å²) in [5, 5.41) is 3.02. The van der Waals surface area contributed by atoms with Crippen molar-refractivity contribution >= 4 is 17.7 Å². The fraction of sp³-hybridized carbons (Fsp3) is 0.562. The SMILES string of the molecule is CNC(C)(CCCCSCc1ccccc1C)C(N)=O. The lowest BCUT2D eigenvalue weighted by molar-refractivity contribution is -0.123. The number of unbranched alkanes of at least 4 members (excludes halogenated alkanes) is 1. The number of likely N-dealkylation sites (N-methyl/N-ethyl adjacent to an activating group) is 1. The maximum Gasteiger partial charge on any atom is 0.237 e. The molecule has 0 saturated carbocycles. The molecule has 1 unspecified atom stereocenters. The van der Waals surface area contributed by atoms with Crippen molar-refractivity contribution < 1.29 is 4.79 Å². The molecular formula is C16H26N2OS. The van der Waals surface area contributed by atoms with Crippen molar-refractivity contribution in [2.45, 2.75) is 44.4 Å². The van der Waals surface area contributed by atoms with Gasteiger partial charge in [-0.2, -0.15) is 11.8 Å². The summed E-state index contributed by atoms with van der Waals surface area (Å²) in [6.45, 7) is 4.02. The summed E-state index contributed by atoms with van der Waals surface area (Å²) in [4.78, 5) is 11.3. The minimum atomic E-state index is -0.569. The Morgan fingerprint density at radius 3 is 2.65 bits per heavy atom. The highest BCUT2D eigenvalue weighted by Gasteiger charge is 2.27. The number of nitrogens with one attached hydrogen (secondary N) is 1. The third kappa shape index (κ3) is 5.17. The number of hydrogen-bond acceptors (Lipinski definition) is 3. The molecule has 3 N–H and O–H groups in total. The van der Waals surface area contributed by atoms with Crippen molar-refractivity contribution in [2.75, 3.05) is 12.8 Å². The van der Waals surface area contributed by atoms with E-state index in [2.05, 4.69) is 36.5 Å². The molecule has 0 bridgehead atoms. The minimum Gasteiger partial charge on any atom is -0.368 e. The van der Waals surface area contributed by atoms with E-state index in [9.17, 15) is 4.79 Å². The number of nitrogens with two attached hydrogens (primary N) is 1. The zero-order chi connectivity index (χ0) is 15.0. The maximum absolute atomic E-state index is 11.3. The van der Waals surface area contributed by atoms with Crippen LogP contribution < -0.4 is 11.1 Å². The Hall–Kier alpha value is -1.00. The third-order valence-corrected chi connectivity index (χ3v) is 4.92. The van der Waals surface area contributed by atoms with E-state index in [1.54, 1.807) is 7.05 Å². The number of benzene rings is 1. The summed E-state index contributed by atoms with van der Waals surface area (Å²) in [5.74, 6) is 1.91. The van der Waals surface area contributed by atoms with Crippen LogP contribution in [0.3, 0.4) is 0 Å². The number of carbonyl (C=O) groups is 1. The first-order valence-electron chi connectivity index (χ1n) is 7.10. The standard InChI is InChI=1S/C16H26N2OS/c1-13-8-4-5-9-14(13)12-20-11-7-6-10-16(2,18-3)15(17)19/h4-5,8-9,18H,6-7,10-12H2,1-3H3,(H2,17,19). The summed E-state index contributed by atoms with van der Waals surface area (Å²) in [6, 6.07) is 8.51. The van der Waals surface area contributed by atoms with Crippen molar-refractivity contribution in [2.24, 2.45) is 5.73 Å². The molecule has 112 valence electrons. The summed E-state index contributed by atoms with van der Waals surface area (Å²) in [6.07, 6.45) is 2.92. The van der Waals surface area contributed by atoms with Crippen LogP contribution in [-0.2, 0) is 10.5 Å². The van der Waals surface area contributed by atoms with Crippen LogP contribution >= 0.6 is 11.8 Å². The molecule has 1 aromatic carbocycles. The average molecular weight is 294 g/mol. The lowest BCUT2D eigenvalue weighted by Gasteiger charge is -2.25. The lowest BCUT2D eigenvalue weighted by Crippen LogP contribution is -2.51. The average Bonchev–Trinajstić information content (AvgIpc) is 2.44. The summed E-state index contributed by atoms with van der Waals surface area (Å²) >= 11 is 1.95. The van der Waals surface area contributed by atoms with Gasteiger partial charge in [0.15, 0.2) is 0 Å². The second kappa shape index (κ2) is 8.32. The van der Waals surface area contributed by atoms with Crippen molar-refractivity contribution in [3.8, 4) is 0 Å². The normalized spacial score (nSPS) is 13.9. The smallest absolute Gasteiger partial charge is 0.237 e. The van der Waals surface area contributed by atoms with Crippen LogP contribution in [0.4, 0.5) is 0 Å². The van der Waals surface area contributed by atoms with Crippen molar-refractivity contribution in [1.82, 2.24) is 5.32 Å². The summed E-state index contributed by atoms with van der Waals surface area (Å²) in [5.41, 5.74) is 7.61. The van der Waals surface area contributed by atoms with Crippen molar-refractivity contribution in [3.05, 3.63) is 35.4 Å². The lowest BCUT2D eigenvalue weighted by atomic mass is 9.94. The molecule has 0 aliphatic rings. The van der Waals surface area contributed by atoms with E-state index in [1.807, 2.05) is 18.7 Å². The quantitative estimate of drug-likeness (QED) is 0.689.